The number of hydrogen-bond donors (Lipinski definition) is 2. The molecule has 8 heteroatoms. The molecule has 0 unspecified atom stereocenters. The quantitative estimate of drug-likeness (QED) is 0.323. The standard InChI is InChI=1S/C19H24N4O3S/c1-5-6-17(22-27(26)19(2,3)4)18-11-13(9-10-21-18)15-8-7-14(23(24)25)12-16(15)20/h5,7-12,17,22H,1,6,20H2,2-4H3/t17-,27-/m0/s1. The molecular formula is C19H24N4O3S. The van der Waals surface area contributed by atoms with Crippen molar-refractivity contribution in [3.63, 3.8) is 0 Å². The van der Waals surface area contributed by atoms with Crippen molar-refractivity contribution < 1.29 is 9.13 Å². The molecule has 0 aliphatic heterocycles. The lowest BCUT2D eigenvalue weighted by atomic mass is 10.0. The molecule has 7 nitrogen and oxygen atoms in total. The highest BCUT2D eigenvalue weighted by Crippen LogP contribution is 2.31. The Bertz CT molecular complexity index is 877. The molecule has 1 aromatic heterocycles. The molecule has 0 aliphatic carbocycles. The van der Waals surface area contributed by atoms with E-state index < -0.39 is 20.7 Å². The molecule has 144 valence electrons. The second-order valence-corrected chi connectivity index (χ2v) is 9.07. The molecule has 0 saturated carbocycles. The van der Waals surface area contributed by atoms with E-state index in [1.807, 2.05) is 26.8 Å². The van der Waals surface area contributed by atoms with Crippen molar-refractivity contribution in [1.29, 1.82) is 0 Å². The summed E-state index contributed by atoms with van der Waals surface area (Å²) in [4.78, 5) is 14.8. The number of aromatic nitrogens is 1. The molecule has 0 saturated heterocycles. The maximum absolute atomic E-state index is 12.5. The van der Waals surface area contributed by atoms with Crippen molar-refractivity contribution in [3.8, 4) is 11.1 Å². The summed E-state index contributed by atoms with van der Waals surface area (Å²) in [5.74, 6) is 0. The van der Waals surface area contributed by atoms with Gasteiger partial charge in [-0.15, -0.1) is 6.58 Å². The third-order valence-corrected chi connectivity index (χ3v) is 5.51. The van der Waals surface area contributed by atoms with Gasteiger partial charge in [-0.1, -0.05) is 6.08 Å². The maximum Gasteiger partial charge on any atom is 0.271 e. The summed E-state index contributed by atoms with van der Waals surface area (Å²) in [6.45, 7) is 9.44. The van der Waals surface area contributed by atoms with Crippen LogP contribution < -0.4 is 10.5 Å². The largest absolute Gasteiger partial charge is 0.398 e. The Balaban J connectivity index is 2.38. The third-order valence-electron chi connectivity index (χ3n) is 3.90. The van der Waals surface area contributed by atoms with E-state index in [2.05, 4.69) is 16.3 Å². The van der Waals surface area contributed by atoms with Gasteiger partial charge in [-0.3, -0.25) is 15.1 Å². The fraction of sp³-hybridized carbons (Fsp3) is 0.316. The number of rotatable bonds is 7. The second kappa shape index (κ2) is 8.41. The Labute approximate surface area is 161 Å². The lowest BCUT2D eigenvalue weighted by Crippen LogP contribution is -2.36. The highest BCUT2D eigenvalue weighted by atomic mass is 32.2. The number of anilines is 1. The molecule has 2 aromatic rings. The zero-order valence-corrected chi connectivity index (χ0v) is 16.5. The fourth-order valence-electron chi connectivity index (χ4n) is 2.43. The minimum atomic E-state index is -1.27. The van der Waals surface area contributed by atoms with Crippen molar-refractivity contribution in [2.75, 3.05) is 5.73 Å². The zero-order chi connectivity index (χ0) is 20.2. The minimum absolute atomic E-state index is 0.0581. The van der Waals surface area contributed by atoms with Gasteiger partial charge < -0.3 is 5.73 Å². The Morgan fingerprint density at radius 3 is 2.63 bits per heavy atom. The van der Waals surface area contributed by atoms with E-state index in [1.54, 1.807) is 24.4 Å². The summed E-state index contributed by atoms with van der Waals surface area (Å²) in [7, 11) is -1.27. The van der Waals surface area contributed by atoms with Crippen molar-refractivity contribution in [3.05, 3.63) is 65.0 Å². The van der Waals surface area contributed by atoms with Gasteiger partial charge in [0, 0.05) is 29.6 Å². The van der Waals surface area contributed by atoms with Crippen LogP contribution in [-0.2, 0) is 11.0 Å². The van der Waals surface area contributed by atoms with Crippen LogP contribution in [0.1, 0.15) is 38.9 Å². The lowest BCUT2D eigenvalue weighted by molar-refractivity contribution is -0.384. The number of nitro benzene ring substituents is 1. The number of non-ortho nitro benzene ring substituents is 1. The number of nitrogens with two attached hydrogens (primary N) is 1. The van der Waals surface area contributed by atoms with E-state index in [1.165, 1.54) is 12.1 Å². The van der Waals surface area contributed by atoms with E-state index in [0.29, 0.717) is 23.4 Å². The van der Waals surface area contributed by atoms with Gasteiger partial charge in [0.1, 0.15) is 0 Å². The molecule has 0 spiro atoms. The molecule has 1 heterocycles. The maximum atomic E-state index is 12.5. The number of benzene rings is 1. The van der Waals surface area contributed by atoms with Crippen LogP contribution in [0, 0.1) is 10.1 Å². The molecule has 1 aromatic carbocycles. The summed E-state index contributed by atoms with van der Waals surface area (Å²) in [5, 5.41) is 10.9. The highest BCUT2D eigenvalue weighted by Gasteiger charge is 2.24. The van der Waals surface area contributed by atoms with Crippen LogP contribution in [0.5, 0.6) is 0 Å². The first-order valence-electron chi connectivity index (χ1n) is 8.42. The molecule has 2 atom stereocenters. The summed E-state index contributed by atoms with van der Waals surface area (Å²) in [6, 6.07) is 7.73. The summed E-state index contributed by atoms with van der Waals surface area (Å²) >= 11 is 0. The minimum Gasteiger partial charge on any atom is -0.398 e. The van der Waals surface area contributed by atoms with Crippen LogP contribution in [0.25, 0.3) is 11.1 Å². The number of nitro groups is 1. The van der Waals surface area contributed by atoms with Crippen LogP contribution in [0.4, 0.5) is 11.4 Å². The van der Waals surface area contributed by atoms with Gasteiger partial charge in [-0.05, 0) is 51.0 Å². The summed E-state index contributed by atoms with van der Waals surface area (Å²) < 4.78 is 15.2. The van der Waals surface area contributed by atoms with Gasteiger partial charge in [0.2, 0.25) is 0 Å². The number of hydrogen-bond acceptors (Lipinski definition) is 5. The molecule has 3 N–H and O–H groups in total. The molecule has 27 heavy (non-hydrogen) atoms. The summed E-state index contributed by atoms with van der Waals surface area (Å²) in [6.07, 6.45) is 3.93. The number of nitrogens with zero attached hydrogens (tertiary/aromatic N) is 2. The first kappa shape index (κ1) is 20.7. The fourth-order valence-corrected chi connectivity index (χ4v) is 3.26. The smallest absolute Gasteiger partial charge is 0.271 e. The van der Waals surface area contributed by atoms with Crippen molar-refractivity contribution >= 4 is 22.4 Å². The molecule has 2 rings (SSSR count). The molecule has 0 bridgehead atoms. The number of nitrogen functional groups attached to an aromatic ring is 1. The van der Waals surface area contributed by atoms with Gasteiger partial charge in [-0.25, -0.2) is 8.93 Å². The van der Waals surface area contributed by atoms with Crippen LogP contribution in [0.3, 0.4) is 0 Å². The molecule has 0 radical (unpaired) electrons. The highest BCUT2D eigenvalue weighted by molar-refractivity contribution is 7.84. The second-order valence-electron chi connectivity index (χ2n) is 7.07. The normalized spacial score (nSPS) is 13.7. The SMILES string of the molecule is C=CC[C@H](N[S@@](=O)C(C)(C)C)c1cc(-c2ccc([N+](=O)[O-])cc2N)ccn1. The predicted molar refractivity (Wildman–Crippen MR) is 109 cm³/mol. The zero-order valence-electron chi connectivity index (χ0n) is 15.6. The number of nitrogens with one attached hydrogen (secondary N) is 1. The number of pyridine rings is 1. The van der Waals surface area contributed by atoms with Gasteiger partial charge in [0.05, 0.1) is 32.4 Å². The van der Waals surface area contributed by atoms with Crippen molar-refractivity contribution in [2.45, 2.75) is 38.0 Å². The summed E-state index contributed by atoms with van der Waals surface area (Å²) in [5.41, 5.74) is 8.42. The van der Waals surface area contributed by atoms with Crippen LogP contribution in [0.15, 0.2) is 49.2 Å². The topological polar surface area (TPSA) is 111 Å². The van der Waals surface area contributed by atoms with Gasteiger partial charge in [0.15, 0.2) is 0 Å². The molecular weight excluding hydrogens is 364 g/mol. The van der Waals surface area contributed by atoms with Crippen LogP contribution in [-0.4, -0.2) is 18.9 Å². The van der Waals surface area contributed by atoms with E-state index in [4.69, 9.17) is 5.73 Å². The van der Waals surface area contributed by atoms with E-state index >= 15 is 0 Å². The Kier molecular flexibility index (Phi) is 6.45. The first-order valence-corrected chi connectivity index (χ1v) is 9.57. The lowest BCUT2D eigenvalue weighted by Gasteiger charge is -2.23. The molecule has 0 amide bonds. The monoisotopic (exact) mass is 388 g/mol. The van der Waals surface area contributed by atoms with E-state index in [-0.39, 0.29) is 11.7 Å². The first-order chi connectivity index (χ1) is 12.6. The third kappa shape index (κ3) is 5.21. The Hall–Kier alpha value is -2.58. The van der Waals surface area contributed by atoms with Gasteiger partial charge in [-0.2, -0.15) is 0 Å². The van der Waals surface area contributed by atoms with Crippen molar-refractivity contribution in [2.24, 2.45) is 0 Å². The van der Waals surface area contributed by atoms with Gasteiger partial charge in [0.25, 0.3) is 5.69 Å². The van der Waals surface area contributed by atoms with E-state index in [9.17, 15) is 14.3 Å². The molecule has 0 aliphatic rings. The van der Waals surface area contributed by atoms with Gasteiger partial charge >= 0.3 is 0 Å². The average Bonchev–Trinajstić information content (AvgIpc) is 2.60. The van der Waals surface area contributed by atoms with Crippen molar-refractivity contribution in [1.82, 2.24) is 9.71 Å². The molecule has 0 fully saturated rings. The Morgan fingerprint density at radius 2 is 2.07 bits per heavy atom. The van der Waals surface area contributed by atoms with E-state index in [0.717, 1.165) is 5.56 Å². The predicted octanol–water partition coefficient (Wildman–Crippen LogP) is 3.91. The Morgan fingerprint density at radius 1 is 1.37 bits per heavy atom. The average molecular weight is 388 g/mol. The van der Waals surface area contributed by atoms with Crippen LogP contribution in [0.2, 0.25) is 0 Å². The van der Waals surface area contributed by atoms with Crippen LogP contribution >= 0.6 is 0 Å².